The molecule has 132 valence electrons. The van der Waals surface area contributed by atoms with Gasteiger partial charge in [0.05, 0.1) is 17.1 Å². The summed E-state index contributed by atoms with van der Waals surface area (Å²) in [7, 11) is 0. The number of nitrogens with zero attached hydrogens (tertiary/aromatic N) is 2. The first-order valence-electron chi connectivity index (χ1n) is 8.98. The molecule has 1 atom stereocenters. The molecule has 0 unspecified atom stereocenters. The fraction of sp³-hybridized carbons (Fsp3) is 0.0870. The quantitative estimate of drug-likeness (QED) is 0.424. The number of anilines is 1. The van der Waals surface area contributed by atoms with Gasteiger partial charge in [-0.1, -0.05) is 64.5 Å². The number of nitrogens with one attached hydrogen (secondary N) is 1. The molecule has 0 fully saturated rings. The Morgan fingerprint density at radius 3 is 2.48 bits per heavy atom. The molecule has 5 rings (SSSR count). The molecule has 0 radical (unpaired) electrons. The Balaban J connectivity index is 1.74. The maximum absolute atomic E-state index is 4.85. The summed E-state index contributed by atoms with van der Waals surface area (Å²) in [5.74, 6) is 0.880. The van der Waals surface area contributed by atoms with Crippen LogP contribution in [0.3, 0.4) is 0 Å². The second-order valence-corrected chi connectivity index (χ2v) is 7.72. The average Bonchev–Trinajstić information content (AvgIpc) is 3.07. The second-order valence-electron chi connectivity index (χ2n) is 6.81. The summed E-state index contributed by atoms with van der Waals surface area (Å²) in [6, 6.07) is 25.4. The zero-order valence-corrected chi connectivity index (χ0v) is 16.4. The van der Waals surface area contributed by atoms with E-state index in [9.17, 15) is 0 Å². The Morgan fingerprint density at radius 2 is 1.67 bits per heavy atom. The molecular weight excluding hydrogens is 398 g/mol. The van der Waals surface area contributed by atoms with Crippen LogP contribution in [0.15, 0.2) is 83.3 Å². The normalized spacial score (nSPS) is 15.9. The van der Waals surface area contributed by atoms with Gasteiger partial charge >= 0.3 is 0 Å². The lowest BCUT2D eigenvalue weighted by molar-refractivity contribution is 0.716. The van der Waals surface area contributed by atoms with Crippen molar-refractivity contribution < 1.29 is 0 Å². The molecule has 0 aliphatic carbocycles. The summed E-state index contributed by atoms with van der Waals surface area (Å²) < 4.78 is 3.37. The number of fused-ring (bicyclic) bond motifs is 3. The molecule has 27 heavy (non-hydrogen) atoms. The first kappa shape index (κ1) is 16.3. The van der Waals surface area contributed by atoms with E-state index in [4.69, 9.17) is 4.98 Å². The summed E-state index contributed by atoms with van der Waals surface area (Å²) in [4.78, 5) is 4.85. The minimum atomic E-state index is 0.0912. The van der Waals surface area contributed by atoms with Gasteiger partial charge in [0.25, 0.3) is 0 Å². The Kier molecular flexibility index (Phi) is 3.87. The third-order valence-electron chi connectivity index (χ3n) is 5.11. The molecule has 1 N–H and O–H groups in total. The number of hydrogen-bond donors (Lipinski definition) is 1. The number of hydrogen-bond acceptors (Lipinski definition) is 2. The molecule has 4 heteroatoms. The van der Waals surface area contributed by atoms with Gasteiger partial charge in [-0.3, -0.25) is 4.57 Å². The zero-order valence-electron chi connectivity index (χ0n) is 14.9. The molecule has 1 aliphatic heterocycles. The van der Waals surface area contributed by atoms with Crippen LogP contribution < -0.4 is 5.32 Å². The summed E-state index contributed by atoms with van der Waals surface area (Å²) >= 11 is 3.52. The smallest absolute Gasteiger partial charge is 0.209 e. The van der Waals surface area contributed by atoms with E-state index in [1.807, 2.05) is 6.07 Å². The van der Waals surface area contributed by atoms with E-state index < -0.39 is 0 Å². The lowest BCUT2D eigenvalue weighted by Gasteiger charge is -2.27. The predicted molar refractivity (Wildman–Crippen MR) is 115 cm³/mol. The molecule has 0 bridgehead atoms. The summed E-state index contributed by atoms with van der Waals surface area (Å²) in [5, 5.41) is 3.54. The van der Waals surface area contributed by atoms with E-state index in [2.05, 4.69) is 106 Å². The van der Waals surface area contributed by atoms with Crippen molar-refractivity contribution in [1.29, 1.82) is 0 Å². The average molecular weight is 416 g/mol. The van der Waals surface area contributed by atoms with Crippen LogP contribution in [-0.4, -0.2) is 9.55 Å². The van der Waals surface area contributed by atoms with Crippen LogP contribution in [0, 0.1) is 6.92 Å². The van der Waals surface area contributed by atoms with Crippen molar-refractivity contribution in [2.24, 2.45) is 0 Å². The van der Waals surface area contributed by atoms with Crippen molar-refractivity contribution in [2.75, 3.05) is 5.32 Å². The Hall–Kier alpha value is -2.85. The first-order chi connectivity index (χ1) is 13.2. The van der Waals surface area contributed by atoms with Crippen molar-refractivity contribution in [2.45, 2.75) is 13.0 Å². The van der Waals surface area contributed by atoms with E-state index in [1.54, 1.807) is 0 Å². The second kappa shape index (κ2) is 6.39. The largest absolute Gasteiger partial charge is 0.325 e. The zero-order chi connectivity index (χ0) is 18.4. The number of aromatic nitrogens is 2. The van der Waals surface area contributed by atoms with Crippen LogP contribution in [0.2, 0.25) is 0 Å². The molecular formula is C23H18BrN3. The minimum Gasteiger partial charge on any atom is -0.325 e. The molecule has 0 amide bonds. The third kappa shape index (κ3) is 2.77. The van der Waals surface area contributed by atoms with Crippen LogP contribution in [0.5, 0.6) is 0 Å². The molecule has 4 aromatic rings. The summed E-state index contributed by atoms with van der Waals surface area (Å²) in [5.41, 5.74) is 6.94. The van der Waals surface area contributed by atoms with Gasteiger partial charge in [-0.05, 0) is 54.0 Å². The predicted octanol–water partition coefficient (Wildman–Crippen LogP) is 6.16. The number of halogens is 1. The highest BCUT2D eigenvalue weighted by Crippen LogP contribution is 2.37. The minimum absolute atomic E-state index is 0.0912. The van der Waals surface area contributed by atoms with Crippen LogP contribution in [0.4, 0.5) is 5.95 Å². The summed E-state index contributed by atoms with van der Waals surface area (Å²) in [6.07, 6.45) is 2.30. The monoisotopic (exact) mass is 415 g/mol. The number of imidazole rings is 1. The van der Waals surface area contributed by atoms with Gasteiger partial charge in [0.15, 0.2) is 0 Å². The molecule has 2 heterocycles. The number of allylic oxidation sites excluding steroid dienone is 1. The third-order valence-corrected chi connectivity index (χ3v) is 5.64. The van der Waals surface area contributed by atoms with E-state index in [0.29, 0.717) is 0 Å². The van der Waals surface area contributed by atoms with Crippen molar-refractivity contribution in [1.82, 2.24) is 9.55 Å². The fourth-order valence-corrected chi connectivity index (χ4v) is 4.02. The van der Waals surface area contributed by atoms with E-state index in [-0.39, 0.29) is 6.04 Å². The lowest BCUT2D eigenvalue weighted by atomic mass is 9.97. The SMILES string of the molecule is Cc1ccccc1[C@H]1C=C(c2ccc(Br)cc2)Nc2nc3ccccc3n21. The Bertz CT molecular complexity index is 1170. The number of benzene rings is 3. The maximum Gasteiger partial charge on any atom is 0.209 e. The van der Waals surface area contributed by atoms with Gasteiger partial charge in [-0.2, -0.15) is 0 Å². The molecule has 1 aromatic heterocycles. The van der Waals surface area contributed by atoms with Crippen LogP contribution in [0.25, 0.3) is 16.7 Å². The highest BCUT2D eigenvalue weighted by molar-refractivity contribution is 9.10. The van der Waals surface area contributed by atoms with Crippen molar-refractivity contribution in [3.8, 4) is 0 Å². The molecule has 3 nitrogen and oxygen atoms in total. The molecule has 0 saturated heterocycles. The molecule has 0 saturated carbocycles. The van der Waals surface area contributed by atoms with Gasteiger partial charge in [0.1, 0.15) is 0 Å². The van der Waals surface area contributed by atoms with Gasteiger partial charge < -0.3 is 5.32 Å². The topological polar surface area (TPSA) is 29.9 Å². The first-order valence-corrected chi connectivity index (χ1v) is 9.77. The molecule has 0 spiro atoms. The van der Waals surface area contributed by atoms with Crippen molar-refractivity contribution >= 4 is 38.6 Å². The highest BCUT2D eigenvalue weighted by atomic mass is 79.9. The van der Waals surface area contributed by atoms with Crippen LogP contribution in [0.1, 0.15) is 22.7 Å². The van der Waals surface area contributed by atoms with E-state index in [1.165, 1.54) is 11.1 Å². The Morgan fingerprint density at radius 1 is 0.926 bits per heavy atom. The molecule has 1 aliphatic rings. The Labute approximate surface area is 166 Å². The van der Waals surface area contributed by atoms with Crippen molar-refractivity contribution in [3.63, 3.8) is 0 Å². The van der Waals surface area contributed by atoms with Gasteiger partial charge in [-0.15, -0.1) is 0 Å². The number of para-hydroxylation sites is 2. The summed E-state index contributed by atoms with van der Waals surface area (Å²) in [6.45, 7) is 2.17. The van der Waals surface area contributed by atoms with Gasteiger partial charge in [0, 0.05) is 10.2 Å². The van der Waals surface area contributed by atoms with Gasteiger partial charge in [-0.25, -0.2) is 4.98 Å². The highest BCUT2D eigenvalue weighted by Gasteiger charge is 2.26. The number of rotatable bonds is 2. The maximum atomic E-state index is 4.85. The van der Waals surface area contributed by atoms with Crippen molar-refractivity contribution in [3.05, 3.63) is 100 Å². The van der Waals surface area contributed by atoms with Crippen LogP contribution >= 0.6 is 15.9 Å². The number of aryl methyl sites for hydroxylation is 1. The lowest BCUT2D eigenvalue weighted by Crippen LogP contribution is -2.19. The van der Waals surface area contributed by atoms with E-state index >= 15 is 0 Å². The van der Waals surface area contributed by atoms with E-state index in [0.717, 1.165) is 32.7 Å². The fourth-order valence-electron chi connectivity index (χ4n) is 3.75. The van der Waals surface area contributed by atoms with Gasteiger partial charge in [0.2, 0.25) is 5.95 Å². The van der Waals surface area contributed by atoms with Crippen LogP contribution in [-0.2, 0) is 0 Å². The molecule has 3 aromatic carbocycles. The standard InChI is InChI=1S/C23H18BrN3/c1-15-6-2-3-7-18(15)22-14-20(16-10-12-17(24)13-11-16)26-23-25-19-8-4-5-9-21(19)27(22)23/h2-14,22H,1H3,(H,25,26)/t22-/m1/s1.